The van der Waals surface area contributed by atoms with Crippen molar-refractivity contribution < 1.29 is 13.2 Å². The van der Waals surface area contributed by atoms with E-state index in [4.69, 9.17) is 0 Å². The Morgan fingerprint density at radius 1 is 1.24 bits per heavy atom. The Morgan fingerprint density at radius 3 is 2.59 bits per heavy atom. The van der Waals surface area contributed by atoms with Gasteiger partial charge >= 0.3 is 0 Å². The zero-order chi connectivity index (χ0) is 21.2. The van der Waals surface area contributed by atoms with Gasteiger partial charge in [0.15, 0.2) is 14.8 Å². The van der Waals surface area contributed by atoms with Gasteiger partial charge < -0.3 is 5.32 Å². The monoisotopic (exact) mass is 433 g/mol. The summed E-state index contributed by atoms with van der Waals surface area (Å²) in [6.45, 7) is 5.45. The van der Waals surface area contributed by atoms with E-state index >= 15 is 0 Å². The van der Waals surface area contributed by atoms with Crippen LogP contribution < -0.4 is 10.9 Å². The number of carbonyl (C=O) groups is 1. The van der Waals surface area contributed by atoms with Crippen LogP contribution in [0, 0.1) is 6.92 Å². The molecule has 2 aromatic heterocycles. The van der Waals surface area contributed by atoms with Gasteiger partial charge in [-0.15, -0.1) is 11.3 Å². The highest BCUT2D eigenvalue weighted by atomic mass is 32.2. The number of thiazole rings is 1. The third-order valence-electron chi connectivity index (χ3n) is 4.54. The van der Waals surface area contributed by atoms with Crippen LogP contribution in [-0.4, -0.2) is 35.5 Å². The van der Waals surface area contributed by atoms with Crippen molar-refractivity contribution in [2.45, 2.75) is 43.8 Å². The molecule has 0 saturated carbocycles. The minimum atomic E-state index is -3.32. The molecule has 0 spiro atoms. The van der Waals surface area contributed by atoms with E-state index in [1.54, 1.807) is 37.3 Å². The fourth-order valence-electron chi connectivity index (χ4n) is 2.91. The number of hydrogen-bond donors (Lipinski definition) is 1. The first-order chi connectivity index (χ1) is 13.7. The number of aromatic nitrogens is 2. The predicted molar refractivity (Wildman–Crippen MR) is 113 cm³/mol. The molecule has 1 N–H and O–H groups in total. The summed E-state index contributed by atoms with van der Waals surface area (Å²) in [5.74, 6) is -0.162. The molecule has 0 aliphatic carbocycles. The lowest BCUT2D eigenvalue weighted by molar-refractivity contribution is -0.120. The van der Waals surface area contributed by atoms with Gasteiger partial charge in [-0.05, 0) is 38.5 Å². The van der Waals surface area contributed by atoms with Gasteiger partial charge in [0.25, 0.3) is 5.56 Å². The van der Waals surface area contributed by atoms with Crippen molar-refractivity contribution in [2.75, 3.05) is 6.54 Å². The number of benzene rings is 1. The first kappa shape index (κ1) is 21.2. The predicted octanol–water partition coefficient (Wildman–Crippen LogP) is 2.15. The number of aryl methyl sites for hydroxylation is 1. The minimum Gasteiger partial charge on any atom is -0.355 e. The van der Waals surface area contributed by atoms with E-state index in [-0.39, 0.29) is 22.8 Å². The van der Waals surface area contributed by atoms with Crippen LogP contribution in [0.3, 0.4) is 0 Å². The Labute approximate surface area is 173 Å². The molecular weight excluding hydrogens is 410 g/mol. The molecule has 0 bridgehead atoms. The Bertz CT molecular complexity index is 1190. The van der Waals surface area contributed by atoms with Gasteiger partial charge in [-0.3, -0.25) is 14.0 Å². The van der Waals surface area contributed by atoms with Crippen LogP contribution in [0.2, 0.25) is 0 Å². The van der Waals surface area contributed by atoms with Crippen molar-refractivity contribution in [1.29, 1.82) is 0 Å². The number of amides is 1. The van der Waals surface area contributed by atoms with E-state index in [9.17, 15) is 18.0 Å². The highest BCUT2D eigenvalue weighted by Gasteiger charge is 2.18. The van der Waals surface area contributed by atoms with Gasteiger partial charge in [-0.2, -0.15) is 0 Å². The lowest BCUT2D eigenvalue weighted by Gasteiger charge is -2.09. The van der Waals surface area contributed by atoms with Gasteiger partial charge in [0.05, 0.1) is 16.6 Å². The second-order valence-electron chi connectivity index (χ2n) is 7.10. The molecular formula is C20H23N3O4S2. The number of carbonyl (C=O) groups excluding carboxylic acids is 1. The summed E-state index contributed by atoms with van der Waals surface area (Å²) in [5, 5.41) is 4.23. The molecule has 0 fully saturated rings. The van der Waals surface area contributed by atoms with Gasteiger partial charge in [0.2, 0.25) is 5.91 Å². The van der Waals surface area contributed by atoms with Crippen molar-refractivity contribution in [3.63, 3.8) is 0 Å². The third kappa shape index (κ3) is 4.73. The Morgan fingerprint density at radius 2 is 1.93 bits per heavy atom. The Kier molecular flexibility index (Phi) is 6.18. The fraction of sp³-hybridized carbons (Fsp3) is 0.350. The van der Waals surface area contributed by atoms with Crippen molar-refractivity contribution >= 4 is 32.0 Å². The number of nitrogens with one attached hydrogen (secondary N) is 1. The maximum Gasteiger partial charge on any atom is 0.258 e. The quantitative estimate of drug-likeness (QED) is 0.616. The van der Waals surface area contributed by atoms with E-state index in [1.807, 2.05) is 5.38 Å². The zero-order valence-electron chi connectivity index (χ0n) is 16.5. The summed E-state index contributed by atoms with van der Waals surface area (Å²) >= 11 is 1.40. The minimum absolute atomic E-state index is 0.119. The molecule has 2 heterocycles. The average molecular weight is 434 g/mol. The van der Waals surface area contributed by atoms with E-state index in [2.05, 4.69) is 10.3 Å². The summed E-state index contributed by atoms with van der Waals surface area (Å²) in [6, 6.07) is 7.89. The highest BCUT2D eigenvalue weighted by molar-refractivity contribution is 7.92. The number of fused-ring (bicyclic) bond motifs is 1. The molecule has 0 aliphatic rings. The maximum atomic E-state index is 12.2. The lowest BCUT2D eigenvalue weighted by atomic mass is 10.1. The molecule has 154 valence electrons. The molecule has 29 heavy (non-hydrogen) atoms. The van der Waals surface area contributed by atoms with Crippen LogP contribution >= 0.6 is 11.3 Å². The largest absolute Gasteiger partial charge is 0.355 e. The van der Waals surface area contributed by atoms with Crippen LogP contribution in [0.15, 0.2) is 45.4 Å². The second-order valence-corrected chi connectivity index (χ2v) is 10.4. The fourth-order valence-corrected chi connectivity index (χ4v) is 4.94. The molecule has 0 radical (unpaired) electrons. The first-order valence-electron chi connectivity index (χ1n) is 9.25. The summed E-state index contributed by atoms with van der Waals surface area (Å²) in [5.41, 5.74) is 2.11. The topological polar surface area (TPSA) is 97.6 Å². The van der Waals surface area contributed by atoms with Crippen LogP contribution in [0.5, 0.6) is 0 Å². The zero-order valence-corrected chi connectivity index (χ0v) is 18.1. The normalized spacial score (nSPS) is 11.9. The van der Waals surface area contributed by atoms with E-state index in [0.717, 1.165) is 11.3 Å². The average Bonchev–Trinajstić information content (AvgIpc) is 3.05. The van der Waals surface area contributed by atoms with E-state index in [1.165, 1.54) is 29.5 Å². The van der Waals surface area contributed by atoms with Gasteiger partial charge in [-0.1, -0.05) is 12.1 Å². The molecule has 0 atom stereocenters. The number of nitrogens with zero attached hydrogens (tertiary/aromatic N) is 2. The van der Waals surface area contributed by atoms with Crippen LogP contribution in [0.25, 0.3) is 4.96 Å². The molecule has 0 aliphatic heterocycles. The molecule has 9 heteroatoms. The summed E-state index contributed by atoms with van der Waals surface area (Å²) in [7, 11) is -3.32. The SMILES string of the molecule is Cc1cc(=O)n2c(CCNC(=O)Cc3ccc(S(=O)(=O)C(C)C)cc3)csc2n1. The van der Waals surface area contributed by atoms with Gasteiger partial charge in [0.1, 0.15) is 0 Å². The summed E-state index contributed by atoms with van der Waals surface area (Å²) in [6.07, 6.45) is 0.676. The van der Waals surface area contributed by atoms with Crippen molar-refractivity contribution in [1.82, 2.24) is 14.7 Å². The second kappa shape index (κ2) is 8.46. The smallest absolute Gasteiger partial charge is 0.258 e. The van der Waals surface area contributed by atoms with Crippen LogP contribution in [0.1, 0.15) is 30.8 Å². The van der Waals surface area contributed by atoms with Gasteiger partial charge in [0, 0.05) is 35.8 Å². The molecule has 7 nitrogen and oxygen atoms in total. The molecule has 3 aromatic rings. The maximum absolute atomic E-state index is 12.2. The summed E-state index contributed by atoms with van der Waals surface area (Å²) < 4.78 is 25.9. The summed E-state index contributed by atoms with van der Waals surface area (Å²) in [4.78, 5) is 29.6. The van der Waals surface area contributed by atoms with Crippen LogP contribution in [0.4, 0.5) is 0 Å². The number of rotatable bonds is 7. The van der Waals surface area contributed by atoms with E-state index < -0.39 is 15.1 Å². The Balaban J connectivity index is 1.58. The molecule has 0 unspecified atom stereocenters. The lowest BCUT2D eigenvalue weighted by Crippen LogP contribution is -2.28. The van der Waals surface area contributed by atoms with Crippen LogP contribution in [-0.2, 0) is 27.5 Å². The number of sulfone groups is 1. The first-order valence-corrected chi connectivity index (χ1v) is 11.7. The standard InChI is InChI=1S/C20H23N3O4S2/c1-13(2)29(26,27)17-6-4-15(5-7-17)11-18(24)21-9-8-16-12-28-20-22-14(3)10-19(25)23(16)20/h4-7,10,12-13H,8-9,11H2,1-3H3,(H,21,24). The van der Waals surface area contributed by atoms with Gasteiger partial charge in [-0.25, -0.2) is 13.4 Å². The highest BCUT2D eigenvalue weighted by Crippen LogP contribution is 2.17. The van der Waals surface area contributed by atoms with Crippen molar-refractivity contribution in [3.8, 4) is 0 Å². The molecule has 3 rings (SSSR count). The van der Waals surface area contributed by atoms with E-state index in [0.29, 0.717) is 23.6 Å². The third-order valence-corrected chi connectivity index (χ3v) is 7.59. The molecule has 1 amide bonds. The van der Waals surface area contributed by atoms with Crippen molar-refractivity contribution in [3.05, 3.63) is 63.0 Å². The van der Waals surface area contributed by atoms with Crippen molar-refractivity contribution in [2.24, 2.45) is 0 Å². The molecule has 1 aromatic carbocycles. The number of hydrogen-bond acceptors (Lipinski definition) is 6. The molecule has 0 saturated heterocycles. The Hall–Kier alpha value is -2.52.